The third kappa shape index (κ3) is 2.58. The highest BCUT2D eigenvalue weighted by Gasteiger charge is 2.29. The van der Waals surface area contributed by atoms with Gasteiger partial charge in [0.25, 0.3) is 10.0 Å². The molecule has 0 fully saturated rings. The molecule has 10 heteroatoms. The van der Waals surface area contributed by atoms with Gasteiger partial charge in [0.05, 0.1) is 18.1 Å². The van der Waals surface area contributed by atoms with Gasteiger partial charge in [0.15, 0.2) is 9.84 Å². The summed E-state index contributed by atoms with van der Waals surface area (Å²) in [5, 5.41) is 0.636. The van der Waals surface area contributed by atoms with Crippen LogP contribution in [0.1, 0.15) is 0 Å². The molecule has 1 aromatic rings. The molecule has 7 nitrogen and oxygen atoms in total. The van der Waals surface area contributed by atoms with Gasteiger partial charge in [-0.2, -0.15) is 0 Å². The van der Waals surface area contributed by atoms with Gasteiger partial charge in [-0.1, -0.05) is 17.7 Å². The molecule has 1 atom stereocenters. The third-order valence-corrected chi connectivity index (χ3v) is 5.70. The maximum atomic E-state index is 11.9. The minimum atomic E-state index is -3.93. The van der Waals surface area contributed by atoms with E-state index in [-0.39, 0.29) is 15.9 Å². The molecule has 2 heterocycles. The van der Waals surface area contributed by atoms with Gasteiger partial charge < -0.3 is 4.57 Å². The Hall–Kier alpha value is -0.900. The SMILES string of the molecule is Cn1cnc(S(=O)(=O)NC2C=CS(=O)(=O)C2)c1Cl. The molecule has 0 spiro atoms. The van der Waals surface area contributed by atoms with E-state index in [1.54, 1.807) is 7.05 Å². The van der Waals surface area contributed by atoms with Crippen molar-refractivity contribution in [2.75, 3.05) is 5.75 Å². The van der Waals surface area contributed by atoms with Crippen molar-refractivity contribution in [3.8, 4) is 0 Å². The first kappa shape index (κ1) is 13.5. The van der Waals surface area contributed by atoms with Gasteiger partial charge in [-0.3, -0.25) is 0 Å². The Balaban J connectivity index is 2.25. The standard InChI is InChI=1S/C8H10ClN3O4S2/c1-12-5-10-8(7(12)9)18(15,16)11-6-2-3-17(13,14)4-6/h2-3,5-6,11H,4H2,1H3. The maximum Gasteiger partial charge on any atom is 0.261 e. The molecule has 1 aliphatic heterocycles. The molecule has 0 bridgehead atoms. The van der Waals surface area contributed by atoms with E-state index in [1.165, 1.54) is 17.0 Å². The van der Waals surface area contributed by atoms with Gasteiger partial charge in [-0.25, -0.2) is 26.5 Å². The number of nitrogens with zero attached hydrogens (tertiary/aromatic N) is 2. The number of imidazole rings is 1. The van der Waals surface area contributed by atoms with Gasteiger partial charge >= 0.3 is 0 Å². The first-order valence-corrected chi connectivity index (χ1v) is 8.39. The summed E-state index contributed by atoms with van der Waals surface area (Å²) in [4.78, 5) is 3.67. The minimum Gasteiger partial charge on any atom is -0.324 e. The van der Waals surface area contributed by atoms with Crippen LogP contribution < -0.4 is 4.72 Å². The lowest BCUT2D eigenvalue weighted by Crippen LogP contribution is -2.35. The van der Waals surface area contributed by atoms with E-state index < -0.39 is 25.9 Å². The Kier molecular flexibility index (Phi) is 3.26. The molecule has 0 aliphatic carbocycles. The zero-order chi connectivity index (χ0) is 13.6. The van der Waals surface area contributed by atoms with Crippen LogP contribution in [0.2, 0.25) is 5.15 Å². The fourth-order valence-corrected chi connectivity index (χ4v) is 4.44. The van der Waals surface area contributed by atoms with Crippen LogP contribution in [0.4, 0.5) is 0 Å². The average Bonchev–Trinajstić information content (AvgIpc) is 2.71. The number of aryl methyl sites for hydroxylation is 1. The number of sulfone groups is 1. The van der Waals surface area contributed by atoms with Crippen LogP contribution >= 0.6 is 11.6 Å². The molecule has 1 aliphatic rings. The third-order valence-electron chi connectivity index (χ3n) is 2.33. The average molecular weight is 312 g/mol. The summed E-state index contributed by atoms with van der Waals surface area (Å²) in [6.07, 6.45) is 2.54. The van der Waals surface area contributed by atoms with E-state index >= 15 is 0 Å². The smallest absolute Gasteiger partial charge is 0.261 e. The van der Waals surface area contributed by atoms with Gasteiger partial charge in [-0.05, 0) is 0 Å². The molecule has 0 amide bonds. The summed E-state index contributed by atoms with van der Waals surface area (Å²) in [5.74, 6) is -0.295. The monoisotopic (exact) mass is 311 g/mol. The first-order chi connectivity index (χ1) is 8.21. The second-order valence-corrected chi connectivity index (χ2v) is 7.76. The molecule has 1 N–H and O–H groups in total. The summed E-state index contributed by atoms with van der Waals surface area (Å²) in [6, 6.07) is -0.793. The Morgan fingerprint density at radius 1 is 1.56 bits per heavy atom. The number of nitrogens with one attached hydrogen (secondary N) is 1. The van der Waals surface area contributed by atoms with Crippen molar-refractivity contribution in [3.63, 3.8) is 0 Å². The number of hydrogen-bond acceptors (Lipinski definition) is 5. The van der Waals surface area contributed by atoms with Crippen LogP contribution in [0.5, 0.6) is 0 Å². The topological polar surface area (TPSA) is 98.1 Å². The highest BCUT2D eigenvalue weighted by molar-refractivity contribution is 7.94. The lowest BCUT2D eigenvalue weighted by atomic mass is 10.4. The first-order valence-electron chi connectivity index (χ1n) is 4.81. The lowest BCUT2D eigenvalue weighted by Gasteiger charge is -2.09. The van der Waals surface area contributed by atoms with E-state index in [9.17, 15) is 16.8 Å². The Labute approximate surface area is 109 Å². The van der Waals surface area contributed by atoms with Crippen LogP contribution in [-0.4, -0.2) is 38.2 Å². The quantitative estimate of drug-likeness (QED) is 0.823. The molecular weight excluding hydrogens is 302 g/mol. The molecule has 0 aromatic carbocycles. The minimum absolute atomic E-state index is 0.0349. The van der Waals surface area contributed by atoms with Gasteiger partial charge in [-0.15, -0.1) is 0 Å². The normalized spacial score (nSPS) is 22.4. The number of hydrogen-bond donors (Lipinski definition) is 1. The number of sulfonamides is 1. The summed E-state index contributed by atoms with van der Waals surface area (Å²) in [6.45, 7) is 0. The predicted molar refractivity (Wildman–Crippen MR) is 65.3 cm³/mol. The Morgan fingerprint density at radius 3 is 2.67 bits per heavy atom. The molecule has 0 saturated carbocycles. The molecule has 0 radical (unpaired) electrons. The van der Waals surface area contributed by atoms with E-state index in [1.807, 2.05) is 0 Å². The molecule has 100 valence electrons. The second kappa shape index (κ2) is 4.34. The molecule has 1 unspecified atom stereocenters. The Morgan fingerprint density at radius 2 is 2.22 bits per heavy atom. The fraction of sp³-hybridized carbons (Fsp3) is 0.375. The molecule has 0 saturated heterocycles. The van der Waals surface area contributed by atoms with Crippen LogP contribution in [0.3, 0.4) is 0 Å². The summed E-state index contributed by atoms with van der Waals surface area (Å²) >= 11 is 5.78. The predicted octanol–water partition coefficient (Wildman–Crippen LogP) is -0.337. The molecule has 2 rings (SSSR count). The van der Waals surface area contributed by atoms with Crippen molar-refractivity contribution in [1.29, 1.82) is 0 Å². The lowest BCUT2D eigenvalue weighted by molar-refractivity contribution is 0.572. The van der Waals surface area contributed by atoms with E-state index in [2.05, 4.69) is 9.71 Å². The second-order valence-electron chi connectivity index (χ2n) is 3.84. The van der Waals surface area contributed by atoms with Crippen molar-refractivity contribution in [2.24, 2.45) is 7.05 Å². The fourth-order valence-electron chi connectivity index (χ4n) is 1.48. The van der Waals surface area contributed by atoms with Crippen LogP contribution in [0.25, 0.3) is 0 Å². The van der Waals surface area contributed by atoms with Crippen molar-refractivity contribution >= 4 is 31.5 Å². The summed E-state index contributed by atoms with van der Waals surface area (Å²) in [5.41, 5.74) is 0. The summed E-state index contributed by atoms with van der Waals surface area (Å²) < 4.78 is 49.8. The highest BCUT2D eigenvalue weighted by Crippen LogP contribution is 2.19. The maximum absolute atomic E-state index is 11.9. The zero-order valence-corrected chi connectivity index (χ0v) is 11.6. The van der Waals surface area contributed by atoms with Crippen LogP contribution in [0.15, 0.2) is 22.8 Å². The number of rotatable bonds is 3. The number of halogens is 1. The largest absolute Gasteiger partial charge is 0.324 e. The van der Waals surface area contributed by atoms with E-state index in [4.69, 9.17) is 11.6 Å². The van der Waals surface area contributed by atoms with E-state index in [0.29, 0.717) is 0 Å². The number of aromatic nitrogens is 2. The van der Waals surface area contributed by atoms with Gasteiger partial charge in [0, 0.05) is 12.5 Å². The molecule has 1 aromatic heterocycles. The van der Waals surface area contributed by atoms with Crippen LogP contribution in [0, 0.1) is 0 Å². The van der Waals surface area contributed by atoms with Gasteiger partial charge in [0.2, 0.25) is 5.03 Å². The molecule has 18 heavy (non-hydrogen) atoms. The highest BCUT2D eigenvalue weighted by atomic mass is 35.5. The zero-order valence-electron chi connectivity index (χ0n) is 9.24. The van der Waals surface area contributed by atoms with E-state index in [0.717, 1.165) is 5.41 Å². The van der Waals surface area contributed by atoms with Gasteiger partial charge in [0.1, 0.15) is 5.15 Å². The van der Waals surface area contributed by atoms with Crippen molar-refractivity contribution < 1.29 is 16.8 Å². The molecular formula is C8H10ClN3O4S2. The van der Waals surface area contributed by atoms with Crippen LogP contribution in [-0.2, 0) is 26.9 Å². The Bertz CT molecular complexity index is 705. The van der Waals surface area contributed by atoms with Crippen molar-refractivity contribution in [3.05, 3.63) is 23.0 Å². The van der Waals surface area contributed by atoms with Crippen molar-refractivity contribution in [2.45, 2.75) is 11.1 Å². The summed E-state index contributed by atoms with van der Waals surface area (Å²) in [7, 11) is -5.70. The van der Waals surface area contributed by atoms with Crippen molar-refractivity contribution in [1.82, 2.24) is 14.3 Å².